The summed E-state index contributed by atoms with van der Waals surface area (Å²) < 4.78 is 28.8. The predicted octanol–water partition coefficient (Wildman–Crippen LogP) is -4.60. The Balaban J connectivity index is -0.000000235. The molecule has 2 aromatic rings. The molecule has 0 saturated heterocycles. The van der Waals surface area contributed by atoms with E-state index in [1.807, 2.05) is 19.4 Å². The van der Waals surface area contributed by atoms with E-state index in [1.165, 1.54) is 4.88 Å². The first-order valence-electron chi connectivity index (χ1n) is 8.12. The van der Waals surface area contributed by atoms with Gasteiger partial charge in [-0.3, -0.25) is 0 Å². The lowest BCUT2D eigenvalue weighted by Gasteiger charge is -2.01. The summed E-state index contributed by atoms with van der Waals surface area (Å²) >= 11 is 1.65. The van der Waals surface area contributed by atoms with Gasteiger partial charge in [0.05, 0.1) is 10.4 Å². The molecule has 0 bridgehead atoms. The average molecular weight is 676 g/mol. The number of nitrogen functional groups attached to an aromatic ring is 1. The van der Waals surface area contributed by atoms with Crippen molar-refractivity contribution >= 4 is 57.6 Å². The molecule has 12 N–H and O–H groups in total. The molecule has 0 spiro atoms. The van der Waals surface area contributed by atoms with Crippen LogP contribution in [0.1, 0.15) is 22.0 Å². The number of aliphatic hydroxyl groups excluding tert-OH is 1. The fourth-order valence-electron chi connectivity index (χ4n) is 1.77. The SMILES string of the molecule is Br.Cc1ncc(C[n+]2csc(CCO)c2C)c(N)n1.O=P(O)(O)O.O=P(O)(O)O.O=P(O)(O)O.[Cl-]. The summed E-state index contributed by atoms with van der Waals surface area (Å²) in [6.07, 6.45) is 2.47. The van der Waals surface area contributed by atoms with Crippen LogP contribution in [0.4, 0.5) is 5.82 Å². The van der Waals surface area contributed by atoms with E-state index < -0.39 is 23.5 Å². The van der Waals surface area contributed by atoms with E-state index in [-0.39, 0.29) is 36.0 Å². The van der Waals surface area contributed by atoms with E-state index in [4.69, 9.17) is 68.6 Å². The van der Waals surface area contributed by atoms with Crippen molar-refractivity contribution in [1.29, 1.82) is 0 Å². The Kier molecular flexibility index (Phi) is 22.3. The Morgan fingerprint density at radius 1 is 0.943 bits per heavy atom. The molecule has 0 aliphatic rings. The molecule has 23 heteroatoms. The highest BCUT2D eigenvalue weighted by atomic mass is 79.9. The maximum Gasteiger partial charge on any atom is 0.466 e. The van der Waals surface area contributed by atoms with Crippen LogP contribution in [-0.4, -0.2) is 65.7 Å². The Labute approximate surface area is 219 Å². The molecule has 0 fully saturated rings. The first-order valence-corrected chi connectivity index (χ1v) is 13.7. The lowest BCUT2D eigenvalue weighted by atomic mass is 10.2. The molecule has 0 radical (unpaired) electrons. The first kappa shape index (κ1) is 41.7. The molecule has 0 aliphatic heterocycles. The highest BCUT2D eigenvalue weighted by Crippen LogP contribution is 2.26. The van der Waals surface area contributed by atoms with Gasteiger partial charge in [0, 0.05) is 26.1 Å². The Hall–Kier alpha value is -0.430. The van der Waals surface area contributed by atoms with E-state index >= 15 is 0 Å². The van der Waals surface area contributed by atoms with Gasteiger partial charge >= 0.3 is 23.5 Å². The van der Waals surface area contributed by atoms with Crippen LogP contribution < -0.4 is 22.7 Å². The fraction of sp³-hybridized carbons (Fsp3) is 0.417. The number of nitrogens with zero attached hydrogens (tertiary/aromatic N) is 3. The molecule has 0 unspecified atom stereocenters. The number of halogens is 2. The van der Waals surface area contributed by atoms with Gasteiger partial charge in [0.15, 0.2) is 12.2 Å². The van der Waals surface area contributed by atoms with E-state index in [1.54, 1.807) is 17.5 Å². The molecule has 0 aromatic carbocycles. The lowest BCUT2D eigenvalue weighted by molar-refractivity contribution is -0.689. The minimum absolute atomic E-state index is 0. The van der Waals surface area contributed by atoms with Crippen LogP contribution in [0.25, 0.3) is 0 Å². The number of aliphatic hydroxyl groups is 1. The van der Waals surface area contributed by atoms with Crippen molar-refractivity contribution < 1.29 is 79.8 Å². The van der Waals surface area contributed by atoms with Crippen molar-refractivity contribution in [3.05, 3.63) is 33.7 Å². The van der Waals surface area contributed by atoms with Crippen LogP contribution in [0, 0.1) is 13.8 Å². The van der Waals surface area contributed by atoms with Crippen LogP contribution >= 0.6 is 51.8 Å². The topological polar surface area (TPSA) is 309 Å². The molecule has 0 aliphatic carbocycles. The number of thiazole rings is 1. The van der Waals surface area contributed by atoms with E-state index in [2.05, 4.69) is 14.5 Å². The summed E-state index contributed by atoms with van der Waals surface area (Å²) in [5.41, 5.74) is 10.0. The summed E-state index contributed by atoms with van der Waals surface area (Å²) in [7, 11) is -13.9. The van der Waals surface area contributed by atoms with Gasteiger partial charge in [-0.05, 0) is 6.92 Å². The normalized spacial score (nSPS) is 10.6. The van der Waals surface area contributed by atoms with Crippen molar-refractivity contribution in [2.75, 3.05) is 12.3 Å². The number of phosphoric acid groups is 3. The van der Waals surface area contributed by atoms with Gasteiger partial charge in [-0.2, -0.15) is 4.57 Å². The third kappa shape index (κ3) is 31.5. The number of hydrogen-bond donors (Lipinski definition) is 11. The molecule has 2 rings (SSSR count). The minimum atomic E-state index is -4.64. The van der Waals surface area contributed by atoms with Gasteiger partial charge < -0.3 is 67.3 Å². The fourth-order valence-corrected chi connectivity index (χ4v) is 2.75. The van der Waals surface area contributed by atoms with Crippen LogP contribution in [0.3, 0.4) is 0 Å². The highest BCUT2D eigenvalue weighted by Gasteiger charge is 2.17. The Bertz CT molecular complexity index is 943. The van der Waals surface area contributed by atoms with Crippen molar-refractivity contribution in [2.24, 2.45) is 0 Å². The van der Waals surface area contributed by atoms with Crippen molar-refractivity contribution in [2.45, 2.75) is 26.8 Å². The molecule has 0 atom stereocenters. The van der Waals surface area contributed by atoms with Gasteiger partial charge in [0.25, 0.3) is 0 Å². The Morgan fingerprint density at radius 2 is 1.34 bits per heavy atom. The largest absolute Gasteiger partial charge is 1.00 e. The van der Waals surface area contributed by atoms with Crippen LogP contribution in [0.5, 0.6) is 0 Å². The van der Waals surface area contributed by atoms with Crippen molar-refractivity contribution in [3.8, 4) is 0 Å². The van der Waals surface area contributed by atoms with Gasteiger partial charge in [-0.15, -0.1) is 17.0 Å². The van der Waals surface area contributed by atoms with Crippen LogP contribution in [-0.2, 0) is 26.7 Å². The maximum absolute atomic E-state index is 8.98. The molecule has 208 valence electrons. The summed E-state index contributed by atoms with van der Waals surface area (Å²) in [5, 5.41) is 8.98. The van der Waals surface area contributed by atoms with Gasteiger partial charge in [-0.25, -0.2) is 23.7 Å². The number of nitrogens with two attached hydrogens (primary N) is 1. The van der Waals surface area contributed by atoms with Gasteiger partial charge in [-0.1, -0.05) is 11.3 Å². The third-order valence-electron chi connectivity index (χ3n) is 2.85. The number of rotatable bonds is 4. The maximum atomic E-state index is 8.98. The van der Waals surface area contributed by atoms with Gasteiger partial charge in [0.2, 0.25) is 5.51 Å². The average Bonchev–Trinajstić information content (AvgIpc) is 2.86. The molecule has 2 aromatic heterocycles. The summed E-state index contributed by atoms with van der Waals surface area (Å²) in [6.45, 7) is 4.71. The zero-order valence-electron chi connectivity index (χ0n) is 17.9. The molecule has 35 heavy (non-hydrogen) atoms. The zero-order valence-corrected chi connectivity index (χ0v) is 23.9. The molecule has 2 heterocycles. The second-order valence-electron chi connectivity index (χ2n) is 5.70. The van der Waals surface area contributed by atoms with E-state index in [0.29, 0.717) is 24.6 Å². The quantitative estimate of drug-likeness (QED) is 0.107. The smallest absolute Gasteiger partial charge is 0.466 e. The Morgan fingerprint density at radius 3 is 1.69 bits per heavy atom. The highest BCUT2D eigenvalue weighted by molar-refractivity contribution is 8.93. The van der Waals surface area contributed by atoms with E-state index in [0.717, 1.165) is 11.3 Å². The zero-order chi connectivity index (χ0) is 26.6. The molecular weight excluding hydrogens is 648 g/mol. The van der Waals surface area contributed by atoms with Crippen LogP contribution in [0.15, 0.2) is 11.7 Å². The standard InChI is InChI=1S/C12H17N4OS.BrH.ClH.3H3O4P/c1-8-11(3-4-17)18-7-16(8)6-10-5-14-9(2)15-12(10)13;;;3*1-5(2,3)4/h5,7,17H,3-4,6H2,1-2H3,(H2,13,14,15);2*1H;3*(H3,1,2,3,4)/q+1;;;;;/p-1. The molecule has 17 nitrogen and oxygen atoms in total. The molecule has 0 amide bonds. The second kappa shape index (κ2) is 18.8. The number of hydrogen-bond acceptors (Lipinski definition) is 8. The third-order valence-corrected chi connectivity index (χ3v) is 4.00. The second-order valence-corrected chi connectivity index (χ2v) is 9.72. The van der Waals surface area contributed by atoms with Crippen molar-refractivity contribution in [1.82, 2.24) is 9.97 Å². The van der Waals surface area contributed by atoms with E-state index in [9.17, 15) is 0 Å². The lowest BCUT2D eigenvalue weighted by Crippen LogP contribution is -3.00. The number of aryl methyl sites for hydroxylation is 1. The minimum Gasteiger partial charge on any atom is -1.00 e. The number of aromatic nitrogens is 3. The molecule has 0 saturated carbocycles. The van der Waals surface area contributed by atoms with Crippen LogP contribution in [0.2, 0.25) is 0 Å². The summed E-state index contributed by atoms with van der Waals surface area (Å²) in [5.74, 6) is 1.22. The molecular formula is C12H27BrClN4O13P3S. The summed E-state index contributed by atoms with van der Waals surface area (Å²) in [4.78, 5) is 74.2. The predicted molar refractivity (Wildman–Crippen MR) is 123 cm³/mol. The van der Waals surface area contributed by atoms with Gasteiger partial charge in [0.1, 0.15) is 11.6 Å². The number of anilines is 1. The summed E-state index contributed by atoms with van der Waals surface area (Å²) in [6, 6.07) is 0. The first-order chi connectivity index (χ1) is 14.6. The monoisotopic (exact) mass is 674 g/mol. The van der Waals surface area contributed by atoms with Crippen molar-refractivity contribution in [3.63, 3.8) is 0 Å².